The summed E-state index contributed by atoms with van der Waals surface area (Å²) in [5, 5.41) is 1.27. The minimum Gasteiger partial charge on any atom is -0.390 e. The molecular weight excluding hydrogens is 193 g/mol. The molecule has 79 valence electrons. The predicted octanol–water partition coefficient (Wildman–Crippen LogP) is 3.83. The first kappa shape index (κ1) is 10.8. The molecule has 1 nitrogen and oxygen atoms in total. The summed E-state index contributed by atoms with van der Waals surface area (Å²) < 4.78 is 2.18. The maximum absolute atomic E-state index is 3.90. The van der Waals surface area contributed by atoms with Gasteiger partial charge in [0, 0.05) is 22.2 Å². The Labute approximate surface area is 97.4 Å². The average molecular weight is 208 g/mol. The standard InChI is InChI=1S/C14H15BN/c1-4-8-11-12-9-6-7-10-14(12)16(15-3)13(11)5-2/h4-10H,2H2,1,3H3/b8-4-. The molecule has 0 bridgehead atoms. The molecule has 16 heavy (non-hydrogen) atoms. The Hall–Kier alpha value is -1.70. The summed E-state index contributed by atoms with van der Waals surface area (Å²) in [5.74, 6) is 0. The maximum Gasteiger partial charge on any atom is 0.249 e. The van der Waals surface area contributed by atoms with Crippen LogP contribution < -0.4 is 0 Å². The summed E-state index contributed by atoms with van der Waals surface area (Å²) in [6.07, 6.45) is 6.11. The van der Waals surface area contributed by atoms with E-state index in [1.165, 1.54) is 16.5 Å². The SMILES string of the molecule is C=Cc1c(/C=C\C)c2ccccc2n1[B]C. The number of hydrogen-bond acceptors (Lipinski definition) is 0. The van der Waals surface area contributed by atoms with Crippen molar-refractivity contribution in [2.45, 2.75) is 13.7 Å². The second kappa shape index (κ2) is 4.44. The molecule has 0 fully saturated rings. The van der Waals surface area contributed by atoms with E-state index < -0.39 is 0 Å². The molecule has 0 aliphatic heterocycles. The zero-order chi connectivity index (χ0) is 11.5. The number of fused-ring (bicyclic) bond motifs is 1. The Morgan fingerprint density at radius 2 is 2.06 bits per heavy atom. The maximum atomic E-state index is 3.90. The van der Waals surface area contributed by atoms with Gasteiger partial charge in [0.1, 0.15) is 0 Å². The fourth-order valence-electron chi connectivity index (χ4n) is 2.14. The van der Waals surface area contributed by atoms with Crippen LogP contribution in [0.15, 0.2) is 36.9 Å². The van der Waals surface area contributed by atoms with Crippen LogP contribution in [-0.2, 0) is 0 Å². The van der Waals surface area contributed by atoms with E-state index in [4.69, 9.17) is 0 Å². The zero-order valence-electron chi connectivity index (χ0n) is 9.77. The lowest BCUT2D eigenvalue weighted by molar-refractivity contribution is 1.26. The topological polar surface area (TPSA) is 4.93 Å². The molecular formula is C14H15BN. The average Bonchev–Trinajstić information content (AvgIpc) is 2.63. The Bertz CT molecular complexity index is 549. The van der Waals surface area contributed by atoms with Gasteiger partial charge in [0.05, 0.1) is 0 Å². The van der Waals surface area contributed by atoms with Gasteiger partial charge in [-0.05, 0) is 19.1 Å². The van der Waals surface area contributed by atoms with Crippen LogP contribution in [0.1, 0.15) is 18.2 Å². The van der Waals surface area contributed by atoms with Crippen LogP contribution in [-0.4, -0.2) is 11.9 Å². The van der Waals surface area contributed by atoms with Gasteiger partial charge in [0.15, 0.2) is 0 Å². The van der Waals surface area contributed by atoms with Crippen LogP contribution in [0.3, 0.4) is 0 Å². The molecule has 0 spiro atoms. The molecule has 0 aliphatic rings. The lowest BCUT2D eigenvalue weighted by Gasteiger charge is -2.03. The number of para-hydroxylation sites is 1. The van der Waals surface area contributed by atoms with E-state index in [1.807, 2.05) is 19.8 Å². The largest absolute Gasteiger partial charge is 0.390 e. The van der Waals surface area contributed by atoms with Crippen molar-refractivity contribution >= 4 is 30.5 Å². The van der Waals surface area contributed by atoms with Crippen LogP contribution in [0, 0.1) is 0 Å². The van der Waals surface area contributed by atoms with E-state index in [2.05, 4.69) is 54.9 Å². The molecule has 0 atom stereocenters. The van der Waals surface area contributed by atoms with Crippen LogP contribution in [0.2, 0.25) is 6.82 Å². The van der Waals surface area contributed by atoms with Crippen molar-refractivity contribution < 1.29 is 0 Å². The Balaban J connectivity index is 2.89. The quantitative estimate of drug-likeness (QED) is 0.675. The number of allylic oxidation sites excluding steroid dienone is 1. The van der Waals surface area contributed by atoms with Crippen molar-refractivity contribution in [1.82, 2.24) is 4.48 Å². The fourth-order valence-corrected chi connectivity index (χ4v) is 2.14. The number of benzene rings is 1. The van der Waals surface area contributed by atoms with Crippen molar-refractivity contribution in [1.29, 1.82) is 0 Å². The summed E-state index contributed by atoms with van der Waals surface area (Å²) >= 11 is 0. The molecule has 2 rings (SSSR count). The minimum absolute atomic E-state index is 1.15. The van der Waals surface area contributed by atoms with Crippen molar-refractivity contribution in [2.24, 2.45) is 0 Å². The highest BCUT2D eigenvalue weighted by Gasteiger charge is 2.10. The number of rotatable bonds is 3. The van der Waals surface area contributed by atoms with E-state index in [-0.39, 0.29) is 0 Å². The number of nitrogens with zero attached hydrogens (tertiary/aromatic N) is 1. The Morgan fingerprint density at radius 3 is 2.69 bits per heavy atom. The van der Waals surface area contributed by atoms with Gasteiger partial charge in [-0.1, -0.05) is 43.8 Å². The lowest BCUT2D eigenvalue weighted by Crippen LogP contribution is -2.03. The van der Waals surface area contributed by atoms with Gasteiger partial charge in [-0.3, -0.25) is 0 Å². The molecule has 1 aromatic carbocycles. The summed E-state index contributed by atoms with van der Waals surface area (Å²) in [6, 6.07) is 8.42. The third-order valence-corrected chi connectivity index (χ3v) is 2.77. The van der Waals surface area contributed by atoms with Gasteiger partial charge in [0.2, 0.25) is 7.41 Å². The van der Waals surface area contributed by atoms with E-state index in [0.717, 1.165) is 5.69 Å². The van der Waals surface area contributed by atoms with E-state index in [9.17, 15) is 0 Å². The monoisotopic (exact) mass is 208 g/mol. The van der Waals surface area contributed by atoms with Gasteiger partial charge < -0.3 is 4.48 Å². The molecule has 0 unspecified atom stereocenters. The van der Waals surface area contributed by atoms with Gasteiger partial charge in [-0.25, -0.2) is 0 Å². The van der Waals surface area contributed by atoms with Crippen LogP contribution >= 0.6 is 0 Å². The number of hydrogen-bond donors (Lipinski definition) is 0. The summed E-state index contributed by atoms with van der Waals surface area (Å²) in [7, 11) is 2.08. The molecule has 1 heterocycles. The highest BCUT2D eigenvalue weighted by molar-refractivity contribution is 6.34. The Morgan fingerprint density at radius 1 is 1.31 bits per heavy atom. The van der Waals surface area contributed by atoms with Crippen LogP contribution in [0.4, 0.5) is 0 Å². The normalized spacial score (nSPS) is 11.1. The zero-order valence-corrected chi connectivity index (χ0v) is 9.77. The fraction of sp³-hybridized carbons (Fsp3) is 0.143. The van der Waals surface area contributed by atoms with E-state index in [1.54, 1.807) is 0 Å². The van der Waals surface area contributed by atoms with E-state index >= 15 is 0 Å². The molecule has 0 saturated heterocycles. The molecule has 2 aromatic rings. The van der Waals surface area contributed by atoms with Gasteiger partial charge in [-0.2, -0.15) is 0 Å². The van der Waals surface area contributed by atoms with Crippen LogP contribution in [0.25, 0.3) is 23.1 Å². The third-order valence-electron chi connectivity index (χ3n) is 2.77. The van der Waals surface area contributed by atoms with Crippen molar-refractivity contribution in [3.05, 3.63) is 48.2 Å². The third kappa shape index (κ3) is 1.51. The summed E-state index contributed by atoms with van der Waals surface area (Å²) in [4.78, 5) is 0. The van der Waals surface area contributed by atoms with Gasteiger partial charge in [0.25, 0.3) is 0 Å². The first-order valence-electron chi connectivity index (χ1n) is 5.51. The summed E-state index contributed by atoms with van der Waals surface area (Å²) in [5.41, 5.74) is 3.63. The smallest absolute Gasteiger partial charge is 0.249 e. The van der Waals surface area contributed by atoms with Crippen LogP contribution in [0.5, 0.6) is 0 Å². The first-order valence-corrected chi connectivity index (χ1v) is 5.51. The van der Waals surface area contributed by atoms with Crippen molar-refractivity contribution in [3.8, 4) is 0 Å². The second-order valence-electron chi connectivity index (χ2n) is 3.65. The lowest BCUT2D eigenvalue weighted by atomic mass is 9.98. The molecule has 2 heteroatoms. The van der Waals surface area contributed by atoms with E-state index in [0.29, 0.717) is 0 Å². The first-order chi connectivity index (χ1) is 7.83. The molecule has 1 radical (unpaired) electrons. The second-order valence-corrected chi connectivity index (χ2v) is 3.65. The highest BCUT2D eigenvalue weighted by Crippen LogP contribution is 2.27. The van der Waals surface area contributed by atoms with Crippen molar-refractivity contribution in [2.75, 3.05) is 0 Å². The molecule has 0 aliphatic carbocycles. The number of aromatic nitrogens is 1. The molecule has 1 aromatic heterocycles. The molecule has 0 saturated carbocycles. The van der Waals surface area contributed by atoms with Gasteiger partial charge in [-0.15, -0.1) is 0 Å². The van der Waals surface area contributed by atoms with Gasteiger partial charge >= 0.3 is 0 Å². The molecule has 0 N–H and O–H groups in total. The summed E-state index contributed by atoms with van der Waals surface area (Å²) in [6.45, 7) is 7.98. The molecule has 0 amide bonds. The minimum atomic E-state index is 1.15. The highest BCUT2D eigenvalue weighted by atomic mass is 14.9. The predicted molar refractivity (Wildman–Crippen MR) is 73.8 cm³/mol. The Kier molecular flexibility index (Phi) is 3.00. The van der Waals surface area contributed by atoms with Crippen molar-refractivity contribution in [3.63, 3.8) is 0 Å².